The van der Waals surface area contributed by atoms with Gasteiger partial charge in [-0.1, -0.05) is 31.5 Å². The van der Waals surface area contributed by atoms with Crippen molar-refractivity contribution in [3.05, 3.63) is 34.9 Å². The molecule has 1 unspecified atom stereocenters. The lowest BCUT2D eigenvalue weighted by atomic mass is 9.85. The molecule has 5 nitrogen and oxygen atoms in total. The number of Topliss-reactive ketones (excluding diaryl/α,β-unsaturated/α-hetero) is 2. The van der Waals surface area contributed by atoms with Crippen LogP contribution in [0.4, 0.5) is 4.39 Å². The number of unbranched alkanes of at least 4 members (excludes halogenated alkanes) is 1. The number of halogens is 1. The quantitative estimate of drug-likeness (QED) is 0.607. The monoisotopic (exact) mass is 389 g/mol. The van der Waals surface area contributed by atoms with Gasteiger partial charge in [0.15, 0.2) is 17.2 Å². The minimum atomic E-state index is -1.86. The van der Waals surface area contributed by atoms with Crippen molar-refractivity contribution in [1.82, 2.24) is 5.32 Å². The van der Waals surface area contributed by atoms with Crippen LogP contribution in [-0.4, -0.2) is 29.0 Å². The molecule has 2 amide bonds. The Kier molecular flexibility index (Phi) is 6.52. The molecule has 28 heavy (non-hydrogen) atoms. The second-order valence-corrected chi connectivity index (χ2v) is 8.02. The second kappa shape index (κ2) is 8.33. The summed E-state index contributed by atoms with van der Waals surface area (Å²) >= 11 is 0. The fourth-order valence-electron chi connectivity index (χ4n) is 3.56. The lowest BCUT2D eigenvalue weighted by Crippen LogP contribution is -2.54. The van der Waals surface area contributed by atoms with E-state index in [1.807, 2.05) is 19.1 Å². The van der Waals surface area contributed by atoms with Gasteiger partial charge in [-0.05, 0) is 45.6 Å². The Balaban J connectivity index is 0.000000207. The maximum Gasteiger partial charge on any atom is 0.263 e. The molecule has 6 heteroatoms. The summed E-state index contributed by atoms with van der Waals surface area (Å²) in [7, 11) is 0. The molecule has 0 bridgehead atoms. The van der Waals surface area contributed by atoms with Gasteiger partial charge in [0.25, 0.3) is 5.91 Å². The number of imide groups is 1. The lowest BCUT2D eigenvalue weighted by molar-refractivity contribution is -0.147. The van der Waals surface area contributed by atoms with Crippen molar-refractivity contribution in [3.63, 3.8) is 0 Å². The zero-order valence-corrected chi connectivity index (χ0v) is 17.0. The maximum atomic E-state index is 13.4. The first-order valence-electron chi connectivity index (χ1n) is 9.72. The molecular weight excluding hydrogens is 361 g/mol. The van der Waals surface area contributed by atoms with E-state index < -0.39 is 17.0 Å². The van der Waals surface area contributed by atoms with Crippen LogP contribution in [-0.2, 0) is 9.59 Å². The van der Waals surface area contributed by atoms with Gasteiger partial charge in [-0.2, -0.15) is 0 Å². The van der Waals surface area contributed by atoms with Crippen LogP contribution in [0.3, 0.4) is 0 Å². The summed E-state index contributed by atoms with van der Waals surface area (Å²) in [6.07, 6.45) is 3.89. The minimum Gasteiger partial charge on any atom is -0.294 e. The number of carbonyl (C=O) groups excluding carboxylic acids is 4. The third-order valence-electron chi connectivity index (χ3n) is 5.39. The number of hydrogen-bond donors (Lipinski definition) is 1. The van der Waals surface area contributed by atoms with E-state index in [0.717, 1.165) is 18.4 Å². The number of rotatable bonds is 5. The number of nitrogens with one attached hydrogen (secondary N) is 1. The van der Waals surface area contributed by atoms with Gasteiger partial charge in [-0.15, -0.1) is 0 Å². The Bertz CT molecular complexity index is 795. The maximum absolute atomic E-state index is 13.4. The third kappa shape index (κ3) is 4.72. The van der Waals surface area contributed by atoms with Gasteiger partial charge in [0, 0.05) is 24.0 Å². The molecular formula is C22H28FNO4. The average molecular weight is 389 g/mol. The first kappa shape index (κ1) is 21.9. The Labute approximate surface area is 165 Å². The van der Waals surface area contributed by atoms with E-state index in [2.05, 4.69) is 12.2 Å². The highest BCUT2D eigenvalue weighted by Crippen LogP contribution is 2.54. The molecule has 1 aliphatic heterocycles. The molecule has 1 N–H and O–H groups in total. The lowest BCUT2D eigenvalue weighted by Gasteiger charge is -2.29. The van der Waals surface area contributed by atoms with Gasteiger partial charge in [0.2, 0.25) is 5.91 Å². The molecule has 1 saturated heterocycles. The van der Waals surface area contributed by atoms with Crippen LogP contribution in [0, 0.1) is 12.3 Å². The largest absolute Gasteiger partial charge is 0.294 e. The molecule has 0 aromatic heterocycles. The van der Waals surface area contributed by atoms with E-state index in [9.17, 15) is 23.6 Å². The van der Waals surface area contributed by atoms with E-state index in [0.29, 0.717) is 30.4 Å². The molecule has 1 saturated carbocycles. The van der Waals surface area contributed by atoms with Crippen LogP contribution in [0.5, 0.6) is 0 Å². The van der Waals surface area contributed by atoms with Crippen molar-refractivity contribution in [2.75, 3.05) is 0 Å². The molecule has 3 rings (SSSR count). The summed E-state index contributed by atoms with van der Waals surface area (Å²) < 4.78 is 13.4. The van der Waals surface area contributed by atoms with Crippen LogP contribution in [0.15, 0.2) is 18.2 Å². The number of benzene rings is 1. The number of ketones is 2. The van der Waals surface area contributed by atoms with Crippen LogP contribution in [0.25, 0.3) is 0 Å². The fourth-order valence-corrected chi connectivity index (χ4v) is 3.56. The van der Waals surface area contributed by atoms with E-state index >= 15 is 0 Å². The van der Waals surface area contributed by atoms with Crippen molar-refractivity contribution >= 4 is 23.4 Å². The Morgan fingerprint density at radius 1 is 1.18 bits per heavy atom. The number of alkyl halides is 1. The number of piperidine rings is 1. The number of amides is 2. The fraction of sp³-hybridized carbons (Fsp3) is 0.545. The summed E-state index contributed by atoms with van der Waals surface area (Å²) in [5, 5.41) is 2.07. The van der Waals surface area contributed by atoms with Crippen molar-refractivity contribution in [2.24, 2.45) is 5.41 Å². The summed E-state index contributed by atoms with van der Waals surface area (Å²) in [5.74, 6) is -1.03. The number of carbonyl (C=O) groups is 4. The van der Waals surface area contributed by atoms with Crippen molar-refractivity contribution in [3.8, 4) is 0 Å². The number of hydrogen-bond acceptors (Lipinski definition) is 4. The van der Waals surface area contributed by atoms with E-state index in [-0.39, 0.29) is 23.9 Å². The molecule has 1 atom stereocenters. The van der Waals surface area contributed by atoms with E-state index in [1.165, 1.54) is 13.8 Å². The normalized spacial score (nSPS) is 22.2. The molecule has 2 aliphatic rings. The van der Waals surface area contributed by atoms with E-state index in [4.69, 9.17) is 0 Å². The summed E-state index contributed by atoms with van der Waals surface area (Å²) in [6.45, 7) is 6.66. The first-order chi connectivity index (χ1) is 13.0. The Morgan fingerprint density at radius 2 is 1.82 bits per heavy atom. The van der Waals surface area contributed by atoms with Crippen molar-refractivity contribution < 1.29 is 23.6 Å². The van der Waals surface area contributed by atoms with Crippen LogP contribution >= 0.6 is 0 Å². The molecule has 1 aromatic carbocycles. The van der Waals surface area contributed by atoms with Gasteiger partial charge < -0.3 is 0 Å². The Hall–Kier alpha value is -2.37. The highest BCUT2D eigenvalue weighted by molar-refractivity contribution is 6.09. The predicted molar refractivity (Wildman–Crippen MR) is 104 cm³/mol. The minimum absolute atomic E-state index is 0.0297. The molecule has 1 heterocycles. The van der Waals surface area contributed by atoms with Crippen molar-refractivity contribution in [2.45, 2.75) is 71.9 Å². The summed E-state index contributed by atoms with van der Waals surface area (Å²) in [4.78, 5) is 45.6. The molecule has 1 aliphatic carbocycles. The average Bonchev–Trinajstić information content (AvgIpc) is 3.38. The summed E-state index contributed by atoms with van der Waals surface area (Å²) in [6, 6.07) is 5.45. The Morgan fingerprint density at radius 3 is 2.36 bits per heavy atom. The van der Waals surface area contributed by atoms with Gasteiger partial charge in [0.05, 0.1) is 5.41 Å². The van der Waals surface area contributed by atoms with Crippen LogP contribution in [0.2, 0.25) is 0 Å². The van der Waals surface area contributed by atoms with E-state index in [1.54, 1.807) is 6.07 Å². The highest BCUT2D eigenvalue weighted by Gasteiger charge is 2.59. The topological polar surface area (TPSA) is 80.3 Å². The number of aryl methyl sites for hydroxylation is 1. The first-order valence-corrected chi connectivity index (χ1v) is 9.72. The molecule has 1 spiro atoms. The van der Waals surface area contributed by atoms with Gasteiger partial charge in [-0.3, -0.25) is 24.5 Å². The van der Waals surface area contributed by atoms with Gasteiger partial charge >= 0.3 is 0 Å². The van der Waals surface area contributed by atoms with Crippen molar-refractivity contribution in [1.29, 1.82) is 0 Å². The zero-order chi connectivity index (χ0) is 21.1. The molecule has 1 aromatic rings. The second-order valence-electron chi connectivity index (χ2n) is 8.02. The van der Waals surface area contributed by atoms with Crippen LogP contribution in [0.1, 0.15) is 85.6 Å². The smallest absolute Gasteiger partial charge is 0.263 e. The third-order valence-corrected chi connectivity index (χ3v) is 5.39. The summed E-state index contributed by atoms with van der Waals surface area (Å²) in [5.41, 5.74) is -0.346. The highest BCUT2D eigenvalue weighted by atomic mass is 19.1. The zero-order valence-electron chi connectivity index (χ0n) is 17.0. The molecule has 152 valence electrons. The standard InChI is InChI=1S/C14H18O2.C8H10FNO2/c1-4-5-9-13(16)12-8-6-7-10(2)14(12)11(3)15;1-7(9)4-8(2-3-8)6(12)10-5(7)11/h6-8H,4-5,9H2,1-3H3;2-4H2,1H3,(H,10,11,12). The van der Waals surface area contributed by atoms with Crippen LogP contribution < -0.4 is 5.32 Å². The molecule has 0 radical (unpaired) electrons. The van der Waals surface area contributed by atoms with Gasteiger partial charge in [0.1, 0.15) is 0 Å². The predicted octanol–water partition coefficient (Wildman–Crippen LogP) is 4.11. The molecule has 2 fully saturated rings. The van der Waals surface area contributed by atoms with Gasteiger partial charge in [-0.25, -0.2) is 4.39 Å². The SMILES string of the molecule is CC1(F)CC2(CC2)C(=O)NC1=O.CCCCC(=O)c1cccc(C)c1C(C)=O.